The van der Waals surface area contributed by atoms with Gasteiger partial charge in [0.25, 0.3) is 0 Å². The normalized spacial score (nSPS) is 15.5. The molecule has 0 radical (unpaired) electrons. The second-order valence-electron chi connectivity index (χ2n) is 9.45. The highest BCUT2D eigenvalue weighted by molar-refractivity contribution is 7.19. The van der Waals surface area contributed by atoms with Crippen molar-refractivity contribution in [2.24, 2.45) is 5.92 Å². The maximum Gasteiger partial charge on any atom is 0.145 e. The van der Waals surface area contributed by atoms with Crippen LogP contribution in [-0.2, 0) is 12.8 Å². The topological polar surface area (TPSA) is 63.2 Å². The molecule has 1 unspecified atom stereocenters. The van der Waals surface area contributed by atoms with E-state index in [1.807, 2.05) is 42.5 Å². The molecule has 1 aromatic carbocycles. The molecule has 1 aliphatic carbocycles. The summed E-state index contributed by atoms with van der Waals surface area (Å²) in [6.45, 7) is 5.17. The molecular weight excluding hydrogens is 442 g/mol. The number of fused-ring (bicyclic) bond motifs is 3. The van der Waals surface area contributed by atoms with Gasteiger partial charge in [-0.3, -0.25) is 4.98 Å². The van der Waals surface area contributed by atoms with Crippen LogP contribution in [0, 0.1) is 19.8 Å². The molecule has 0 spiro atoms. The Hall–Kier alpha value is -3.03. The number of benzene rings is 1. The summed E-state index contributed by atoms with van der Waals surface area (Å²) in [5.74, 6) is 3.21. The number of anilines is 2. The Morgan fingerprint density at radius 1 is 1.12 bits per heavy atom. The molecule has 0 fully saturated rings. The van der Waals surface area contributed by atoms with Crippen molar-refractivity contribution < 1.29 is 4.74 Å². The quantitative estimate of drug-likeness (QED) is 0.340. The van der Waals surface area contributed by atoms with Gasteiger partial charge in [0.1, 0.15) is 28.5 Å². The lowest BCUT2D eigenvalue weighted by Crippen LogP contribution is -2.20. The predicted octanol–water partition coefficient (Wildman–Crippen LogP) is 6.30. The van der Waals surface area contributed by atoms with Crippen LogP contribution >= 0.6 is 11.3 Å². The van der Waals surface area contributed by atoms with Crippen molar-refractivity contribution in [3.8, 4) is 11.5 Å². The van der Waals surface area contributed by atoms with Gasteiger partial charge in [0, 0.05) is 16.3 Å². The Labute approximate surface area is 205 Å². The number of ether oxygens (including phenoxy) is 1. The van der Waals surface area contributed by atoms with E-state index in [4.69, 9.17) is 4.74 Å². The molecule has 7 heteroatoms. The van der Waals surface area contributed by atoms with Crippen LogP contribution < -0.4 is 10.1 Å². The monoisotopic (exact) mass is 473 g/mol. The van der Waals surface area contributed by atoms with Crippen LogP contribution in [0.3, 0.4) is 0 Å². The van der Waals surface area contributed by atoms with Gasteiger partial charge in [-0.25, -0.2) is 9.97 Å². The first-order valence-corrected chi connectivity index (χ1v) is 12.7. The van der Waals surface area contributed by atoms with Crippen molar-refractivity contribution >= 4 is 33.1 Å². The van der Waals surface area contributed by atoms with Crippen LogP contribution in [0.2, 0.25) is 0 Å². The summed E-state index contributed by atoms with van der Waals surface area (Å²) in [7, 11) is 4.31. The fourth-order valence-electron chi connectivity index (χ4n) is 4.58. The summed E-state index contributed by atoms with van der Waals surface area (Å²) in [5.41, 5.74) is 4.45. The maximum atomic E-state index is 6.03. The number of rotatable bonds is 7. The minimum absolute atomic E-state index is 0.737. The molecule has 34 heavy (non-hydrogen) atoms. The average Bonchev–Trinajstić information content (AvgIpc) is 3.19. The van der Waals surface area contributed by atoms with E-state index in [1.54, 1.807) is 12.5 Å². The van der Waals surface area contributed by atoms with Crippen molar-refractivity contribution in [1.82, 2.24) is 19.9 Å². The van der Waals surface area contributed by atoms with Gasteiger partial charge in [-0.15, -0.1) is 11.3 Å². The van der Waals surface area contributed by atoms with Crippen molar-refractivity contribution in [3.63, 3.8) is 0 Å². The van der Waals surface area contributed by atoms with Crippen molar-refractivity contribution in [2.45, 2.75) is 39.5 Å². The largest absolute Gasteiger partial charge is 0.455 e. The van der Waals surface area contributed by atoms with Crippen LogP contribution in [0.5, 0.6) is 11.5 Å². The third-order valence-corrected chi connectivity index (χ3v) is 7.64. The Kier molecular flexibility index (Phi) is 6.48. The summed E-state index contributed by atoms with van der Waals surface area (Å²) in [6.07, 6.45) is 8.17. The third kappa shape index (κ3) is 4.91. The van der Waals surface area contributed by atoms with E-state index in [0.717, 1.165) is 64.4 Å². The van der Waals surface area contributed by atoms with Crippen molar-refractivity contribution in [3.05, 3.63) is 64.6 Å². The second-order valence-corrected chi connectivity index (χ2v) is 10.5. The van der Waals surface area contributed by atoms with Crippen LogP contribution in [0.25, 0.3) is 10.2 Å². The summed E-state index contributed by atoms with van der Waals surface area (Å²) >= 11 is 1.84. The number of hydrogen-bond donors (Lipinski definition) is 1. The number of nitrogens with one attached hydrogen (secondary N) is 1. The van der Waals surface area contributed by atoms with Gasteiger partial charge in [-0.2, -0.15) is 0 Å². The predicted molar refractivity (Wildman–Crippen MR) is 140 cm³/mol. The highest BCUT2D eigenvalue weighted by atomic mass is 32.1. The number of thiophene rings is 1. The summed E-state index contributed by atoms with van der Waals surface area (Å²) in [6, 6.07) is 10.0. The number of aryl methyl sites for hydroxylation is 3. The first kappa shape index (κ1) is 22.7. The molecule has 1 N–H and O–H groups in total. The molecule has 3 heterocycles. The zero-order chi connectivity index (χ0) is 23.7. The van der Waals surface area contributed by atoms with Crippen LogP contribution in [0.4, 0.5) is 11.5 Å². The van der Waals surface area contributed by atoms with Gasteiger partial charge < -0.3 is 15.0 Å². The van der Waals surface area contributed by atoms with Crippen LogP contribution in [0.1, 0.15) is 34.5 Å². The molecule has 176 valence electrons. The number of nitrogens with zero attached hydrogens (tertiary/aromatic N) is 4. The van der Waals surface area contributed by atoms with E-state index in [1.165, 1.54) is 28.7 Å². The van der Waals surface area contributed by atoms with Gasteiger partial charge in [-0.1, -0.05) is 0 Å². The van der Waals surface area contributed by atoms with Gasteiger partial charge >= 0.3 is 0 Å². The molecular formula is C27H31N5OS. The zero-order valence-corrected chi connectivity index (χ0v) is 21.1. The van der Waals surface area contributed by atoms with E-state index in [9.17, 15) is 0 Å². The fraction of sp³-hybridized carbons (Fsp3) is 0.370. The number of pyridine rings is 1. The number of aromatic nitrogens is 3. The molecule has 0 saturated carbocycles. The average molecular weight is 474 g/mol. The highest BCUT2D eigenvalue weighted by Crippen LogP contribution is 2.41. The Balaban J connectivity index is 1.36. The first-order chi connectivity index (χ1) is 16.5. The highest BCUT2D eigenvalue weighted by Gasteiger charge is 2.25. The third-order valence-electron chi connectivity index (χ3n) is 6.48. The molecule has 0 aliphatic heterocycles. The summed E-state index contributed by atoms with van der Waals surface area (Å²) in [5, 5.41) is 4.75. The fourth-order valence-corrected chi connectivity index (χ4v) is 5.88. The maximum absolute atomic E-state index is 6.03. The minimum Gasteiger partial charge on any atom is -0.455 e. The lowest BCUT2D eigenvalue weighted by atomic mass is 9.86. The molecule has 1 aliphatic rings. The lowest BCUT2D eigenvalue weighted by Gasteiger charge is -2.23. The van der Waals surface area contributed by atoms with Crippen molar-refractivity contribution in [2.75, 3.05) is 26.0 Å². The Morgan fingerprint density at radius 3 is 2.76 bits per heavy atom. The smallest absolute Gasteiger partial charge is 0.145 e. The van der Waals surface area contributed by atoms with Crippen LogP contribution in [-0.4, -0.2) is 40.5 Å². The first-order valence-electron chi connectivity index (χ1n) is 11.8. The molecule has 0 amide bonds. The summed E-state index contributed by atoms with van der Waals surface area (Å²) in [4.78, 5) is 18.4. The van der Waals surface area contributed by atoms with E-state index in [-0.39, 0.29) is 0 Å². The Bertz CT molecular complexity index is 1300. The van der Waals surface area contributed by atoms with Gasteiger partial charge in [-0.05, 0) is 108 Å². The molecule has 0 bridgehead atoms. The van der Waals surface area contributed by atoms with Gasteiger partial charge in [0.05, 0.1) is 11.6 Å². The second kappa shape index (κ2) is 9.68. The van der Waals surface area contributed by atoms with E-state index < -0.39 is 0 Å². The van der Waals surface area contributed by atoms with Gasteiger partial charge in [0.2, 0.25) is 0 Å². The molecule has 0 saturated heterocycles. The molecule has 4 aromatic rings. The molecule has 5 rings (SSSR count). The van der Waals surface area contributed by atoms with Crippen molar-refractivity contribution in [1.29, 1.82) is 0 Å². The zero-order valence-electron chi connectivity index (χ0n) is 20.3. The Morgan fingerprint density at radius 2 is 2.00 bits per heavy atom. The van der Waals surface area contributed by atoms with E-state index >= 15 is 0 Å². The molecule has 3 aromatic heterocycles. The minimum atomic E-state index is 0.737. The van der Waals surface area contributed by atoms with E-state index in [0.29, 0.717) is 0 Å². The van der Waals surface area contributed by atoms with E-state index in [2.05, 4.69) is 52.3 Å². The number of hydrogen-bond acceptors (Lipinski definition) is 7. The SMILES string of the molecule is Cc1ccc(Oc2ccc(Nc3ncnc4sc5c(c34)CCC(CCN(C)C)C5)cc2C)cn1. The molecule has 1 atom stereocenters. The standard InChI is InChI=1S/C27H31N5OS/c1-17-13-20(7-10-23(17)33-21-8-5-18(2)28-15-21)31-26-25-22-9-6-19(11-12-32(3)4)14-24(22)34-27(25)30-16-29-26/h5,7-8,10,13,15-16,19H,6,9,11-12,14H2,1-4H3,(H,29,30,31). The summed E-state index contributed by atoms with van der Waals surface area (Å²) < 4.78 is 6.03. The van der Waals surface area contributed by atoms with Crippen LogP contribution in [0.15, 0.2) is 42.9 Å². The lowest BCUT2D eigenvalue weighted by molar-refractivity contribution is 0.332. The molecule has 6 nitrogen and oxygen atoms in total. The van der Waals surface area contributed by atoms with Gasteiger partial charge in [0.15, 0.2) is 0 Å².